The highest BCUT2D eigenvalue weighted by atomic mass is 35.5. The number of para-hydroxylation sites is 1. The molecule has 0 bridgehead atoms. The monoisotopic (exact) mass is 441 g/mol. The Labute approximate surface area is 187 Å². The third-order valence-electron chi connectivity index (χ3n) is 5.30. The smallest absolute Gasteiger partial charge is 0.261 e. The lowest BCUT2D eigenvalue weighted by molar-refractivity contribution is -0.135. The second-order valence-corrected chi connectivity index (χ2v) is 7.83. The highest BCUT2D eigenvalue weighted by Crippen LogP contribution is 2.22. The molecule has 0 aliphatic rings. The number of amides is 1. The Bertz CT molecular complexity index is 1100. The van der Waals surface area contributed by atoms with E-state index in [0.717, 1.165) is 12.8 Å². The van der Waals surface area contributed by atoms with Crippen LogP contribution in [0.5, 0.6) is 5.75 Å². The highest BCUT2D eigenvalue weighted by Gasteiger charge is 2.26. The van der Waals surface area contributed by atoms with Gasteiger partial charge in [-0.3, -0.25) is 14.2 Å². The number of benzene rings is 2. The lowest BCUT2D eigenvalue weighted by Crippen LogP contribution is -2.40. The van der Waals surface area contributed by atoms with Crippen molar-refractivity contribution in [2.24, 2.45) is 0 Å². The molecule has 1 heterocycles. The normalized spacial score (nSPS) is 12.0. The van der Waals surface area contributed by atoms with Crippen molar-refractivity contribution in [3.63, 3.8) is 0 Å². The van der Waals surface area contributed by atoms with Gasteiger partial charge in [-0.25, -0.2) is 4.98 Å². The number of nitrogens with zero attached hydrogens (tertiary/aromatic N) is 3. The molecule has 3 aromatic rings. The largest absolute Gasteiger partial charge is 0.484 e. The fourth-order valence-electron chi connectivity index (χ4n) is 3.57. The van der Waals surface area contributed by atoms with Crippen molar-refractivity contribution < 1.29 is 9.53 Å². The predicted molar refractivity (Wildman–Crippen MR) is 124 cm³/mol. The maximum atomic E-state index is 13.1. The third-order valence-corrected chi connectivity index (χ3v) is 5.55. The van der Waals surface area contributed by atoms with Gasteiger partial charge in [0.2, 0.25) is 0 Å². The van der Waals surface area contributed by atoms with Crippen molar-refractivity contribution in [2.75, 3.05) is 13.2 Å². The molecule has 0 fully saturated rings. The molecule has 0 N–H and O–H groups in total. The second-order valence-electron chi connectivity index (χ2n) is 7.40. The number of rotatable bonds is 9. The minimum atomic E-state index is -0.370. The van der Waals surface area contributed by atoms with Gasteiger partial charge < -0.3 is 9.64 Å². The molecule has 31 heavy (non-hydrogen) atoms. The maximum Gasteiger partial charge on any atom is 0.261 e. The molecule has 7 heteroatoms. The number of aromatic nitrogens is 2. The zero-order valence-corrected chi connectivity index (χ0v) is 18.9. The number of fused-ring (bicyclic) bond motifs is 1. The quantitative estimate of drug-likeness (QED) is 0.476. The van der Waals surface area contributed by atoms with Crippen LogP contribution in [0.15, 0.2) is 53.3 Å². The van der Waals surface area contributed by atoms with Gasteiger partial charge in [-0.15, -0.1) is 0 Å². The average molecular weight is 442 g/mol. The molecule has 0 spiro atoms. The van der Waals surface area contributed by atoms with Gasteiger partial charge in [-0.2, -0.15) is 0 Å². The van der Waals surface area contributed by atoms with Gasteiger partial charge in [0.1, 0.15) is 11.6 Å². The second kappa shape index (κ2) is 10.4. The summed E-state index contributed by atoms with van der Waals surface area (Å²) < 4.78 is 7.33. The van der Waals surface area contributed by atoms with Gasteiger partial charge in [0.15, 0.2) is 6.61 Å². The van der Waals surface area contributed by atoms with Crippen molar-refractivity contribution in [3.05, 3.63) is 69.7 Å². The summed E-state index contributed by atoms with van der Waals surface area (Å²) in [4.78, 5) is 32.6. The summed E-state index contributed by atoms with van der Waals surface area (Å²) >= 11 is 5.91. The van der Waals surface area contributed by atoms with E-state index < -0.39 is 0 Å². The molecule has 0 saturated heterocycles. The Balaban J connectivity index is 1.90. The fourth-order valence-corrected chi connectivity index (χ4v) is 3.70. The molecule has 1 unspecified atom stereocenters. The summed E-state index contributed by atoms with van der Waals surface area (Å²) in [5.74, 6) is 1.01. The molecular formula is C24H28ClN3O3. The van der Waals surface area contributed by atoms with E-state index in [1.807, 2.05) is 32.0 Å². The van der Waals surface area contributed by atoms with Gasteiger partial charge in [0, 0.05) is 18.1 Å². The van der Waals surface area contributed by atoms with E-state index >= 15 is 0 Å². The van der Waals surface area contributed by atoms with E-state index in [4.69, 9.17) is 21.3 Å². The predicted octanol–water partition coefficient (Wildman–Crippen LogP) is 4.84. The van der Waals surface area contributed by atoms with E-state index in [0.29, 0.717) is 40.6 Å². The zero-order chi connectivity index (χ0) is 22.4. The Hall–Kier alpha value is -2.86. The van der Waals surface area contributed by atoms with Crippen LogP contribution in [0.25, 0.3) is 10.9 Å². The Morgan fingerprint density at radius 3 is 2.55 bits per heavy atom. The van der Waals surface area contributed by atoms with Gasteiger partial charge in [-0.05, 0) is 56.7 Å². The standard InChI is InChI=1S/C24H28ClN3O3/c1-4-6-15-28(22(29)16-31-19-13-11-18(25)12-14-19)17(3)23-26-21-10-8-7-9-20(21)24(30)27(23)5-2/h7-14,17H,4-6,15-16H2,1-3H3. The maximum absolute atomic E-state index is 13.1. The zero-order valence-electron chi connectivity index (χ0n) is 18.2. The van der Waals surface area contributed by atoms with E-state index in [1.54, 1.807) is 39.8 Å². The molecule has 1 amide bonds. The Morgan fingerprint density at radius 1 is 1.16 bits per heavy atom. The van der Waals surface area contributed by atoms with Crippen LogP contribution < -0.4 is 10.3 Å². The van der Waals surface area contributed by atoms with Crippen LogP contribution >= 0.6 is 11.6 Å². The summed E-state index contributed by atoms with van der Waals surface area (Å²) in [6, 6.07) is 13.8. The highest BCUT2D eigenvalue weighted by molar-refractivity contribution is 6.30. The van der Waals surface area contributed by atoms with Crippen LogP contribution in [0.1, 0.15) is 45.5 Å². The number of hydrogen-bond donors (Lipinski definition) is 0. The topological polar surface area (TPSA) is 64.4 Å². The van der Waals surface area contributed by atoms with Crippen LogP contribution in [0.3, 0.4) is 0 Å². The number of ether oxygens (including phenoxy) is 1. The average Bonchev–Trinajstić information content (AvgIpc) is 2.78. The molecule has 164 valence electrons. The van der Waals surface area contributed by atoms with Crippen molar-refractivity contribution >= 4 is 28.4 Å². The summed E-state index contributed by atoms with van der Waals surface area (Å²) in [6.45, 7) is 6.85. The first-order valence-corrected chi connectivity index (χ1v) is 11.0. The summed E-state index contributed by atoms with van der Waals surface area (Å²) in [7, 11) is 0. The third kappa shape index (κ3) is 5.25. The van der Waals surface area contributed by atoms with E-state index in [2.05, 4.69) is 6.92 Å². The van der Waals surface area contributed by atoms with Crippen molar-refractivity contribution in [1.29, 1.82) is 0 Å². The molecular weight excluding hydrogens is 414 g/mol. The van der Waals surface area contributed by atoms with Crippen LogP contribution in [0.2, 0.25) is 5.02 Å². The van der Waals surface area contributed by atoms with Crippen LogP contribution in [0, 0.1) is 0 Å². The molecule has 1 aromatic heterocycles. The minimum absolute atomic E-state index is 0.0877. The number of halogens is 1. The van der Waals surface area contributed by atoms with Gasteiger partial charge in [0.05, 0.1) is 16.9 Å². The van der Waals surface area contributed by atoms with Gasteiger partial charge >= 0.3 is 0 Å². The molecule has 3 rings (SSSR count). The minimum Gasteiger partial charge on any atom is -0.484 e. The number of carbonyl (C=O) groups excluding carboxylic acids is 1. The van der Waals surface area contributed by atoms with Crippen LogP contribution in [-0.2, 0) is 11.3 Å². The fraction of sp³-hybridized carbons (Fsp3) is 0.375. The number of hydrogen-bond acceptors (Lipinski definition) is 4. The summed E-state index contributed by atoms with van der Waals surface area (Å²) in [5, 5.41) is 1.19. The summed E-state index contributed by atoms with van der Waals surface area (Å²) in [5.41, 5.74) is 0.551. The first-order chi connectivity index (χ1) is 15.0. The number of carbonyl (C=O) groups is 1. The first kappa shape index (κ1) is 22.8. The van der Waals surface area contributed by atoms with Crippen molar-refractivity contribution in [1.82, 2.24) is 14.5 Å². The van der Waals surface area contributed by atoms with Crippen molar-refractivity contribution in [2.45, 2.75) is 46.2 Å². The van der Waals surface area contributed by atoms with E-state index in [1.165, 1.54) is 0 Å². The molecule has 2 aromatic carbocycles. The van der Waals surface area contributed by atoms with E-state index in [-0.39, 0.29) is 24.1 Å². The molecule has 0 aliphatic heterocycles. The molecule has 0 radical (unpaired) electrons. The lowest BCUT2D eigenvalue weighted by Gasteiger charge is -2.30. The lowest BCUT2D eigenvalue weighted by atomic mass is 10.2. The SMILES string of the molecule is CCCCN(C(=O)COc1ccc(Cl)cc1)C(C)c1nc2ccccc2c(=O)n1CC. The Kier molecular flexibility index (Phi) is 7.69. The van der Waals surface area contributed by atoms with Gasteiger partial charge in [-0.1, -0.05) is 37.1 Å². The van der Waals surface area contributed by atoms with Crippen molar-refractivity contribution in [3.8, 4) is 5.75 Å². The molecule has 0 saturated carbocycles. The summed E-state index contributed by atoms with van der Waals surface area (Å²) in [6.07, 6.45) is 1.79. The molecule has 6 nitrogen and oxygen atoms in total. The first-order valence-electron chi connectivity index (χ1n) is 10.6. The van der Waals surface area contributed by atoms with Gasteiger partial charge in [0.25, 0.3) is 11.5 Å². The molecule has 1 atom stereocenters. The Morgan fingerprint density at radius 2 is 1.87 bits per heavy atom. The molecule has 0 aliphatic carbocycles. The van der Waals surface area contributed by atoms with E-state index in [9.17, 15) is 9.59 Å². The van der Waals surface area contributed by atoms with Crippen LogP contribution in [-0.4, -0.2) is 33.5 Å². The number of unbranched alkanes of at least 4 members (excludes halogenated alkanes) is 1. The van der Waals surface area contributed by atoms with Crippen LogP contribution in [0.4, 0.5) is 0 Å².